The van der Waals surface area contributed by atoms with Crippen LogP contribution in [-0.2, 0) is 22.4 Å². The van der Waals surface area contributed by atoms with E-state index in [1.54, 1.807) is 0 Å². The maximum atomic E-state index is 13.9. The van der Waals surface area contributed by atoms with Gasteiger partial charge in [0.15, 0.2) is 17.2 Å². The van der Waals surface area contributed by atoms with Crippen LogP contribution in [0.25, 0.3) is 0 Å². The smallest absolute Gasteiger partial charge is 0.209 e. The van der Waals surface area contributed by atoms with Gasteiger partial charge < -0.3 is 20.4 Å². The Hall–Kier alpha value is -3.19. The number of hydrogen-bond acceptors (Lipinski definition) is 7. The van der Waals surface area contributed by atoms with Crippen LogP contribution in [0.4, 0.5) is 0 Å². The molecule has 0 saturated heterocycles. The number of aliphatic hydroxyl groups excluding tert-OH is 2. The lowest BCUT2D eigenvalue weighted by Crippen LogP contribution is -2.56. The molecule has 0 fully saturated rings. The zero-order valence-corrected chi connectivity index (χ0v) is 21.2. The highest BCUT2D eigenvalue weighted by atomic mass is 16.3. The van der Waals surface area contributed by atoms with Crippen molar-refractivity contribution >= 4 is 17.3 Å². The molecule has 3 aliphatic rings. The van der Waals surface area contributed by atoms with Gasteiger partial charge >= 0.3 is 0 Å². The summed E-state index contributed by atoms with van der Waals surface area (Å²) in [5.41, 5.74) is -0.726. The monoisotopic (exact) mass is 494 g/mol. The Morgan fingerprint density at radius 1 is 1.19 bits per heavy atom. The highest BCUT2D eigenvalue weighted by molar-refractivity contribution is 6.25. The van der Waals surface area contributed by atoms with Crippen molar-refractivity contribution in [3.05, 3.63) is 63.6 Å². The third kappa shape index (κ3) is 3.72. The first-order chi connectivity index (χ1) is 16.8. The molecule has 0 aromatic heterocycles. The molecule has 1 aromatic carbocycles. The zero-order chi connectivity index (χ0) is 26.7. The van der Waals surface area contributed by atoms with Crippen molar-refractivity contribution < 1.29 is 34.8 Å². The predicted molar refractivity (Wildman–Crippen MR) is 134 cm³/mol. The van der Waals surface area contributed by atoms with E-state index >= 15 is 0 Å². The van der Waals surface area contributed by atoms with Crippen LogP contribution >= 0.6 is 0 Å². The van der Waals surface area contributed by atoms with Crippen molar-refractivity contribution in [2.45, 2.75) is 71.3 Å². The molecule has 0 radical (unpaired) electrons. The van der Waals surface area contributed by atoms with Crippen molar-refractivity contribution in [3.8, 4) is 5.75 Å². The number of benzene rings is 1. The van der Waals surface area contributed by atoms with E-state index in [1.807, 2.05) is 32.9 Å². The summed E-state index contributed by atoms with van der Waals surface area (Å²) < 4.78 is 0. The molecule has 7 heteroatoms. The summed E-state index contributed by atoms with van der Waals surface area (Å²) in [7, 11) is 0. The Bertz CT molecular complexity index is 1250. The molecule has 0 saturated carbocycles. The van der Waals surface area contributed by atoms with Gasteiger partial charge in [-0.2, -0.15) is 0 Å². The molecule has 7 nitrogen and oxygen atoms in total. The summed E-state index contributed by atoms with van der Waals surface area (Å²) in [6, 6.07) is 1.96. The molecular weight excluding hydrogens is 460 g/mol. The zero-order valence-electron chi connectivity index (χ0n) is 21.2. The summed E-state index contributed by atoms with van der Waals surface area (Å²) in [6.07, 6.45) is 3.43. The van der Waals surface area contributed by atoms with Crippen LogP contribution in [0.2, 0.25) is 0 Å². The molecule has 1 aromatic rings. The van der Waals surface area contributed by atoms with Gasteiger partial charge in [0.25, 0.3) is 0 Å². The Labute approximate surface area is 210 Å². The second-order valence-electron chi connectivity index (χ2n) is 10.9. The number of fused-ring (bicyclic) bond motifs is 3. The number of phenols is 1. The van der Waals surface area contributed by atoms with Crippen LogP contribution in [0.3, 0.4) is 0 Å². The fourth-order valence-corrected chi connectivity index (χ4v) is 6.30. The second kappa shape index (κ2) is 9.04. The lowest BCUT2D eigenvalue weighted by atomic mass is 9.59. The fourth-order valence-electron chi connectivity index (χ4n) is 6.30. The number of carbonyl (C=O) groups is 3. The molecule has 0 aliphatic heterocycles. The van der Waals surface area contributed by atoms with Gasteiger partial charge in [-0.05, 0) is 67.1 Å². The molecule has 4 atom stereocenters. The molecule has 0 amide bonds. The van der Waals surface area contributed by atoms with E-state index < -0.39 is 51.9 Å². The standard InChI is InChI=1S/C29H34O7/c1-6-7-14(4)8-17-11-19(13(2)3)20-10-16-9-18-12-21(31)22(15(5)30)27(34)29(18,36)28(35)23(16)26(33)24(20)25(17)32/h6,11,13-14,16,18,31-32,35-36H,1,7-10,12H2,2-5H3/t14?,16-,18+,29-/m0/s1. The Kier molecular flexibility index (Phi) is 6.50. The molecule has 0 heterocycles. The number of aromatic hydroxyl groups is 1. The SMILES string of the molecule is C=CCC(C)Cc1cc(C(C)C)c2c(c1O)C(=O)C1=C(O)[C@@]3(O)C(=O)C(C(C)=O)=C(O)C[C@H]3C[C@H]1C2. The first-order valence-electron chi connectivity index (χ1n) is 12.5. The van der Waals surface area contributed by atoms with E-state index in [9.17, 15) is 34.8 Å². The van der Waals surface area contributed by atoms with E-state index in [4.69, 9.17) is 0 Å². The minimum absolute atomic E-state index is 0.0709. The number of hydrogen-bond donors (Lipinski definition) is 4. The third-order valence-electron chi connectivity index (χ3n) is 8.04. The van der Waals surface area contributed by atoms with E-state index in [2.05, 4.69) is 6.58 Å². The van der Waals surface area contributed by atoms with Crippen molar-refractivity contribution in [1.29, 1.82) is 0 Å². The predicted octanol–water partition coefficient (Wildman–Crippen LogP) is 4.56. The van der Waals surface area contributed by atoms with Crippen LogP contribution in [0.1, 0.15) is 79.9 Å². The third-order valence-corrected chi connectivity index (χ3v) is 8.04. The molecule has 4 rings (SSSR count). The van der Waals surface area contributed by atoms with Crippen molar-refractivity contribution in [2.75, 3.05) is 0 Å². The molecule has 4 N–H and O–H groups in total. The van der Waals surface area contributed by atoms with Crippen LogP contribution < -0.4 is 0 Å². The van der Waals surface area contributed by atoms with E-state index in [0.717, 1.165) is 18.9 Å². The lowest BCUT2D eigenvalue weighted by Gasteiger charge is -2.46. The molecule has 0 spiro atoms. The van der Waals surface area contributed by atoms with E-state index in [1.165, 1.54) is 0 Å². The lowest BCUT2D eigenvalue weighted by molar-refractivity contribution is -0.144. The van der Waals surface area contributed by atoms with E-state index in [-0.39, 0.29) is 41.6 Å². The van der Waals surface area contributed by atoms with Gasteiger partial charge in [0.2, 0.25) is 5.78 Å². The van der Waals surface area contributed by atoms with Gasteiger partial charge in [0.1, 0.15) is 22.8 Å². The number of carbonyl (C=O) groups excluding carboxylic acids is 3. The fraction of sp³-hybridized carbons (Fsp3) is 0.483. The summed E-state index contributed by atoms with van der Waals surface area (Å²) >= 11 is 0. The molecule has 36 heavy (non-hydrogen) atoms. The number of Topliss-reactive ketones (excluding diaryl/α,β-unsaturated/α-hetero) is 3. The quantitative estimate of drug-likeness (QED) is 0.337. The molecule has 192 valence electrons. The minimum Gasteiger partial charge on any atom is -0.511 e. The molecular formula is C29H34O7. The number of phenolic OH excluding ortho intramolecular Hbond substituents is 1. The van der Waals surface area contributed by atoms with Gasteiger partial charge in [-0.3, -0.25) is 14.4 Å². The van der Waals surface area contributed by atoms with Crippen molar-refractivity contribution in [3.63, 3.8) is 0 Å². The van der Waals surface area contributed by atoms with Gasteiger partial charge in [0, 0.05) is 17.9 Å². The number of ketones is 3. The van der Waals surface area contributed by atoms with Crippen LogP contribution in [-0.4, -0.2) is 43.4 Å². The average molecular weight is 495 g/mol. The largest absolute Gasteiger partial charge is 0.511 e. The maximum Gasteiger partial charge on any atom is 0.209 e. The first kappa shape index (κ1) is 25.9. The molecule has 3 aliphatic carbocycles. The van der Waals surface area contributed by atoms with Crippen LogP contribution in [0.15, 0.2) is 41.4 Å². The normalized spacial score (nSPS) is 26.5. The minimum atomic E-state index is -2.47. The van der Waals surface area contributed by atoms with Crippen molar-refractivity contribution in [2.24, 2.45) is 17.8 Å². The number of aliphatic hydroxyl groups is 3. The summed E-state index contributed by atoms with van der Waals surface area (Å²) in [4.78, 5) is 39.1. The number of rotatable bonds is 6. The molecule has 1 unspecified atom stereocenters. The van der Waals surface area contributed by atoms with Gasteiger partial charge in [-0.25, -0.2) is 0 Å². The summed E-state index contributed by atoms with van der Waals surface area (Å²) in [5.74, 6) is -4.87. The Morgan fingerprint density at radius 3 is 2.44 bits per heavy atom. The van der Waals surface area contributed by atoms with Gasteiger partial charge in [-0.1, -0.05) is 32.9 Å². The average Bonchev–Trinajstić information content (AvgIpc) is 2.77. The maximum absolute atomic E-state index is 13.9. The van der Waals surface area contributed by atoms with Crippen LogP contribution in [0, 0.1) is 17.8 Å². The van der Waals surface area contributed by atoms with Gasteiger partial charge in [0.05, 0.1) is 5.56 Å². The van der Waals surface area contributed by atoms with E-state index in [0.29, 0.717) is 24.0 Å². The summed E-state index contributed by atoms with van der Waals surface area (Å²) in [5, 5.41) is 44.3. The highest BCUT2D eigenvalue weighted by Gasteiger charge is 2.59. The topological polar surface area (TPSA) is 132 Å². The summed E-state index contributed by atoms with van der Waals surface area (Å²) in [6.45, 7) is 10.9. The Balaban J connectivity index is 1.90. The van der Waals surface area contributed by atoms with Gasteiger partial charge in [-0.15, -0.1) is 6.58 Å². The van der Waals surface area contributed by atoms with Crippen molar-refractivity contribution in [1.82, 2.24) is 0 Å². The Morgan fingerprint density at radius 2 is 1.86 bits per heavy atom. The highest BCUT2D eigenvalue weighted by Crippen LogP contribution is 2.52. The van der Waals surface area contributed by atoms with Crippen LogP contribution in [0.5, 0.6) is 5.75 Å². The molecule has 0 bridgehead atoms. The number of allylic oxidation sites excluding steroid dienone is 3. The first-order valence-corrected chi connectivity index (χ1v) is 12.5. The second-order valence-corrected chi connectivity index (χ2v) is 10.9.